The molecule has 1 aliphatic heterocycles. The SMILES string of the molecule is COc1nc(N(C)C)ncc1N=C(C1=C(N)C(=O)N(c2cc(Cl)c[nH]c2=O)C1c1ccc(Cl)c(F)c1)C(C)C. The van der Waals surface area contributed by atoms with Crippen molar-refractivity contribution < 1.29 is 13.9 Å². The van der Waals surface area contributed by atoms with E-state index < -0.39 is 23.3 Å². The van der Waals surface area contributed by atoms with Gasteiger partial charge < -0.3 is 20.4 Å². The van der Waals surface area contributed by atoms with Crippen LogP contribution in [0.15, 0.2) is 57.7 Å². The second-order valence-corrected chi connectivity index (χ2v) is 10.1. The number of aromatic amines is 1. The number of aromatic nitrogens is 3. The van der Waals surface area contributed by atoms with E-state index in [-0.39, 0.29) is 38.8 Å². The van der Waals surface area contributed by atoms with Crippen molar-refractivity contribution in [1.82, 2.24) is 15.0 Å². The molecule has 0 fully saturated rings. The van der Waals surface area contributed by atoms with E-state index in [1.807, 2.05) is 13.8 Å². The smallest absolute Gasteiger partial charge is 0.275 e. The number of pyridine rings is 1. The molecule has 1 aromatic carbocycles. The van der Waals surface area contributed by atoms with Gasteiger partial charge in [-0.05, 0) is 29.7 Å². The maximum atomic E-state index is 14.7. The number of halogens is 3. The number of anilines is 2. The lowest BCUT2D eigenvalue weighted by atomic mass is 9.90. The number of carbonyl (C=O) groups excluding carboxylic acids is 1. The number of amides is 1. The largest absolute Gasteiger partial charge is 0.479 e. The zero-order valence-electron chi connectivity index (χ0n) is 21.8. The molecule has 13 heteroatoms. The highest BCUT2D eigenvalue weighted by atomic mass is 35.5. The normalized spacial score (nSPS) is 15.9. The molecule has 39 heavy (non-hydrogen) atoms. The van der Waals surface area contributed by atoms with Crippen molar-refractivity contribution in [1.29, 1.82) is 0 Å². The Morgan fingerprint density at radius 3 is 2.59 bits per heavy atom. The predicted octanol–water partition coefficient (Wildman–Crippen LogP) is 4.41. The van der Waals surface area contributed by atoms with Gasteiger partial charge in [-0.2, -0.15) is 4.98 Å². The second-order valence-electron chi connectivity index (χ2n) is 9.22. The highest BCUT2D eigenvalue weighted by Gasteiger charge is 2.44. The zero-order chi connectivity index (χ0) is 28.6. The number of carbonyl (C=O) groups is 1. The van der Waals surface area contributed by atoms with Crippen LogP contribution in [0.4, 0.5) is 21.7 Å². The van der Waals surface area contributed by atoms with Gasteiger partial charge in [0.2, 0.25) is 11.8 Å². The summed E-state index contributed by atoms with van der Waals surface area (Å²) in [7, 11) is 5.03. The number of methoxy groups -OCH3 is 1. The molecule has 0 radical (unpaired) electrons. The fourth-order valence-electron chi connectivity index (χ4n) is 4.21. The van der Waals surface area contributed by atoms with E-state index in [4.69, 9.17) is 38.7 Å². The van der Waals surface area contributed by atoms with Crippen LogP contribution in [0.25, 0.3) is 0 Å². The Morgan fingerprint density at radius 1 is 1.26 bits per heavy atom. The fourth-order valence-corrected chi connectivity index (χ4v) is 4.49. The molecule has 1 unspecified atom stereocenters. The van der Waals surface area contributed by atoms with Crippen LogP contribution in [0.1, 0.15) is 25.5 Å². The number of nitrogens with one attached hydrogen (secondary N) is 1. The van der Waals surface area contributed by atoms with E-state index in [9.17, 15) is 14.0 Å². The molecule has 1 atom stereocenters. The van der Waals surface area contributed by atoms with Gasteiger partial charge in [0.05, 0.1) is 35.1 Å². The van der Waals surface area contributed by atoms with Crippen molar-refractivity contribution >= 4 is 52.1 Å². The summed E-state index contributed by atoms with van der Waals surface area (Å²) in [5.41, 5.74) is 6.91. The molecule has 1 amide bonds. The number of aliphatic imine (C=N–C) groups is 1. The van der Waals surface area contributed by atoms with Crippen LogP contribution in [-0.2, 0) is 4.79 Å². The topological polar surface area (TPSA) is 130 Å². The molecule has 204 valence electrons. The predicted molar refractivity (Wildman–Crippen MR) is 150 cm³/mol. The standard InChI is InChI=1S/C26H26Cl2FN7O3/c1-12(2)21(33-17-11-32-26(35(3)4)34-24(17)39-5)19-20(30)25(38)36(18-9-14(27)10-31-23(18)37)22(19)13-6-7-15(28)16(29)8-13/h6-12,22H,30H2,1-5H3,(H,31,37). The van der Waals surface area contributed by atoms with E-state index in [1.165, 1.54) is 42.6 Å². The van der Waals surface area contributed by atoms with Crippen molar-refractivity contribution in [2.75, 3.05) is 31.0 Å². The number of benzene rings is 1. The molecule has 1 aliphatic rings. The third-order valence-electron chi connectivity index (χ3n) is 6.02. The molecular weight excluding hydrogens is 548 g/mol. The van der Waals surface area contributed by atoms with Crippen molar-refractivity contribution in [3.8, 4) is 5.88 Å². The van der Waals surface area contributed by atoms with Crippen LogP contribution in [0, 0.1) is 11.7 Å². The number of hydrogen-bond acceptors (Lipinski definition) is 8. The Balaban J connectivity index is 1.99. The van der Waals surface area contributed by atoms with Crippen LogP contribution in [0.3, 0.4) is 0 Å². The van der Waals surface area contributed by atoms with Gasteiger partial charge in [0.15, 0.2) is 0 Å². The lowest BCUT2D eigenvalue weighted by molar-refractivity contribution is -0.114. The summed E-state index contributed by atoms with van der Waals surface area (Å²) < 4.78 is 20.1. The van der Waals surface area contributed by atoms with E-state index >= 15 is 0 Å². The van der Waals surface area contributed by atoms with E-state index in [0.717, 1.165) is 0 Å². The van der Waals surface area contributed by atoms with Gasteiger partial charge >= 0.3 is 0 Å². The Kier molecular flexibility index (Phi) is 7.94. The summed E-state index contributed by atoms with van der Waals surface area (Å²) in [5.74, 6) is -1.05. The first-order valence-corrected chi connectivity index (χ1v) is 12.5. The number of rotatable bonds is 7. The van der Waals surface area contributed by atoms with Crippen molar-refractivity contribution in [2.24, 2.45) is 16.6 Å². The second kappa shape index (κ2) is 11.0. The molecule has 0 saturated heterocycles. The van der Waals surface area contributed by atoms with Crippen LogP contribution in [-0.4, -0.2) is 47.8 Å². The Labute approximate surface area is 233 Å². The zero-order valence-corrected chi connectivity index (χ0v) is 23.3. The third-order valence-corrected chi connectivity index (χ3v) is 6.54. The highest BCUT2D eigenvalue weighted by molar-refractivity contribution is 6.31. The molecular formula is C26H26Cl2FN7O3. The minimum absolute atomic E-state index is 0.0647. The Hall–Kier alpha value is -3.96. The third kappa shape index (κ3) is 5.32. The highest BCUT2D eigenvalue weighted by Crippen LogP contribution is 2.42. The first-order chi connectivity index (χ1) is 18.4. The molecule has 0 spiro atoms. The Bertz CT molecular complexity index is 1570. The van der Waals surface area contributed by atoms with E-state index in [1.54, 1.807) is 25.1 Å². The van der Waals surface area contributed by atoms with Gasteiger partial charge in [-0.25, -0.2) is 14.4 Å². The lowest BCUT2D eigenvalue weighted by Crippen LogP contribution is -2.36. The number of hydrogen-bond donors (Lipinski definition) is 2. The summed E-state index contributed by atoms with van der Waals surface area (Å²) in [6.45, 7) is 3.72. The van der Waals surface area contributed by atoms with Crippen molar-refractivity contribution in [3.63, 3.8) is 0 Å². The lowest BCUT2D eigenvalue weighted by Gasteiger charge is -2.28. The monoisotopic (exact) mass is 573 g/mol. The first kappa shape index (κ1) is 28.1. The van der Waals surface area contributed by atoms with Gasteiger partial charge in [0, 0.05) is 25.9 Å². The van der Waals surface area contributed by atoms with Gasteiger partial charge in [-0.1, -0.05) is 43.1 Å². The summed E-state index contributed by atoms with van der Waals surface area (Å²) in [5, 5.41) is 0.0837. The first-order valence-electron chi connectivity index (χ1n) is 11.8. The summed E-state index contributed by atoms with van der Waals surface area (Å²) in [4.78, 5) is 45.4. The molecule has 10 nitrogen and oxygen atoms in total. The van der Waals surface area contributed by atoms with E-state index in [2.05, 4.69) is 15.0 Å². The number of nitrogens with zero attached hydrogens (tertiary/aromatic N) is 5. The molecule has 3 heterocycles. The average molecular weight is 574 g/mol. The Morgan fingerprint density at radius 2 is 1.97 bits per heavy atom. The van der Waals surface area contributed by atoms with Crippen LogP contribution in [0.2, 0.25) is 10.0 Å². The van der Waals surface area contributed by atoms with Crippen molar-refractivity contribution in [3.05, 3.63) is 79.7 Å². The van der Waals surface area contributed by atoms with Crippen LogP contribution < -0.4 is 25.8 Å². The van der Waals surface area contributed by atoms with Gasteiger partial charge in [0.25, 0.3) is 11.5 Å². The van der Waals surface area contributed by atoms with Gasteiger partial charge in [-0.15, -0.1) is 0 Å². The van der Waals surface area contributed by atoms with E-state index in [0.29, 0.717) is 22.9 Å². The minimum atomic E-state index is -1.03. The molecule has 2 aromatic heterocycles. The molecule has 0 saturated carbocycles. The molecule has 3 aromatic rings. The summed E-state index contributed by atoms with van der Waals surface area (Å²) in [6, 6.07) is 4.43. The van der Waals surface area contributed by atoms with Gasteiger partial charge in [0.1, 0.15) is 22.9 Å². The average Bonchev–Trinajstić information content (AvgIpc) is 3.15. The van der Waals surface area contributed by atoms with Gasteiger partial charge in [-0.3, -0.25) is 14.5 Å². The summed E-state index contributed by atoms with van der Waals surface area (Å²) >= 11 is 12.1. The van der Waals surface area contributed by atoms with Crippen LogP contribution >= 0.6 is 23.2 Å². The molecule has 4 rings (SSSR count). The fraction of sp³-hybridized carbons (Fsp3) is 0.269. The van der Waals surface area contributed by atoms with Crippen LogP contribution in [0.5, 0.6) is 5.88 Å². The van der Waals surface area contributed by atoms with Crippen molar-refractivity contribution in [2.45, 2.75) is 19.9 Å². The molecule has 0 bridgehead atoms. The quantitative estimate of drug-likeness (QED) is 0.400. The summed E-state index contributed by atoms with van der Waals surface area (Å²) in [6.07, 6.45) is 2.79. The number of ether oxygens (including phenoxy) is 1. The maximum absolute atomic E-state index is 14.7. The number of H-pyrrole nitrogens is 1. The molecule has 0 aliphatic carbocycles. The maximum Gasteiger partial charge on any atom is 0.275 e. The minimum Gasteiger partial charge on any atom is -0.479 e. The molecule has 3 N–H and O–H groups in total. The number of nitrogens with two attached hydrogens (primary N) is 1.